The maximum atomic E-state index is 12.1. The first-order chi connectivity index (χ1) is 8.49. The van der Waals surface area contributed by atoms with Gasteiger partial charge >= 0.3 is 0 Å². The number of halogens is 2. The molecule has 94 valence electrons. The van der Waals surface area contributed by atoms with Gasteiger partial charge in [-0.25, -0.2) is 8.42 Å². The predicted octanol–water partition coefficient (Wildman–Crippen LogP) is 4.47. The Kier molecular flexibility index (Phi) is 4.22. The van der Waals surface area contributed by atoms with Crippen LogP contribution in [0.1, 0.15) is 0 Å². The van der Waals surface area contributed by atoms with Gasteiger partial charge in [-0.3, -0.25) is 0 Å². The molecule has 2 nitrogen and oxygen atoms in total. The molecule has 0 amide bonds. The summed E-state index contributed by atoms with van der Waals surface area (Å²) in [6.07, 6.45) is 0. The first-order valence-corrected chi connectivity index (χ1v) is 8.51. The van der Waals surface area contributed by atoms with Crippen molar-refractivity contribution < 1.29 is 8.42 Å². The molecule has 0 aliphatic rings. The smallest absolute Gasteiger partial charge is 0.212 e. The fourth-order valence-corrected chi connectivity index (χ4v) is 4.48. The quantitative estimate of drug-likeness (QED) is 0.783. The maximum Gasteiger partial charge on any atom is 0.234 e. The normalized spacial score (nSPS) is 11.4. The molecule has 0 N–H and O–H groups in total. The standard InChI is InChI=1S/C12H8Cl2O2S2/c13-11-7-6-9(8-12(11)14)17-18(15,16)10-4-2-1-3-5-10/h1-8H. The van der Waals surface area contributed by atoms with E-state index in [-0.39, 0.29) is 4.90 Å². The third kappa shape index (κ3) is 3.20. The molecule has 0 saturated carbocycles. The molecule has 0 aliphatic heterocycles. The molecule has 6 heteroatoms. The predicted molar refractivity (Wildman–Crippen MR) is 75.9 cm³/mol. The summed E-state index contributed by atoms with van der Waals surface area (Å²) >= 11 is 11.6. The van der Waals surface area contributed by atoms with E-state index in [0.29, 0.717) is 14.9 Å². The largest absolute Gasteiger partial charge is 0.234 e. The summed E-state index contributed by atoms with van der Waals surface area (Å²) in [7, 11) is -2.68. The number of hydrogen-bond acceptors (Lipinski definition) is 3. The summed E-state index contributed by atoms with van der Waals surface area (Å²) < 4.78 is 24.2. The molecule has 0 aliphatic carbocycles. The molecule has 0 saturated heterocycles. The lowest BCUT2D eigenvalue weighted by Gasteiger charge is -2.04. The van der Waals surface area contributed by atoms with Crippen molar-refractivity contribution in [1.82, 2.24) is 0 Å². The van der Waals surface area contributed by atoms with Crippen molar-refractivity contribution in [3.8, 4) is 0 Å². The molecule has 0 unspecified atom stereocenters. The fourth-order valence-electron chi connectivity index (χ4n) is 1.29. The van der Waals surface area contributed by atoms with Crippen LogP contribution in [0.2, 0.25) is 10.0 Å². The van der Waals surface area contributed by atoms with Crippen molar-refractivity contribution in [3.63, 3.8) is 0 Å². The van der Waals surface area contributed by atoms with Crippen molar-refractivity contribution in [2.45, 2.75) is 9.79 Å². The zero-order valence-corrected chi connectivity index (χ0v) is 12.2. The lowest BCUT2D eigenvalue weighted by molar-refractivity contribution is 0.610. The summed E-state index contributed by atoms with van der Waals surface area (Å²) in [5.74, 6) is 0. The summed E-state index contributed by atoms with van der Waals surface area (Å²) in [5.41, 5.74) is 0. The Morgan fingerprint density at radius 3 is 2.17 bits per heavy atom. The second-order valence-corrected chi connectivity index (χ2v) is 8.08. The minimum absolute atomic E-state index is 0.265. The van der Waals surface area contributed by atoms with Gasteiger partial charge in [-0.2, -0.15) is 0 Å². The minimum Gasteiger partial charge on any atom is -0.212 e. The monoisotopic (exact) mass is 318 g/mol. The highest BCUT2D eigenvalue weighted by Gasteiger charge is 2.16. The minimum atomic E-state index is -3.43. The van der Waals surface area contributed by atoms with E-state index in [1.54, 1.807) is 42.5 Å². The molecule has 0 heterocycles. The van der Waals surface area contributed by atoms with Crippen LogP contribution < -0.4 is 0 Å². The van der Waals surface area contributed by atoms with Crippen LogP contribution in [0.15, 0.2) is 58.3 Å². The molecule has 0 aromatic heterocycles. The average molecular weight is 319 g/mol. The van der Waals surface area contributed by atoms with Gasteiger partial charge < -0.3 is 0 Å². The van der Waals surface area contributed by atoms with E-state index in [9.17, 15) is 8.42 Å². The molecular formula is C12H8Cl2O2S2. The molecule has 0 fully saturated rings. The van der Waals surface area contributed by atoms with Gasteiger partial charge in [-0.1, -0.05) is 41.4 Å². The van der Waals surface area contributed by atoms with Gasteiger partial charge in [0.25, 0.3) is 0 Å². The fraction of sp³-hybridized carbons (Fsp3) is 0. The van der Waals surface area contributed by atoms with Crippen LogP contribution in [-0.4, -0.2) is 8.42 Å². The van der Waals surface area contributed by atoms with Crippen LogP contribution in [0.3, 0.4) is 0 Å². The van der Waals surface area contributed by atoms with Gasteiger partial charge in [0, 0.05) is 15.7 Å². The van der Waals surface area contributed by atoms with Crippen molar-refractivity contribution in [2.75, 3.05) is 0 Å². The zero-order valence-electron chi connectivity index (χ0n) is 9.01. The van der Waals surface area contributed by atoms with Crippen molar-refractivity contribution in [1.29, 1.82) is 0 Å². The molecule has 0 spiro atoms. The highest BCUT2D eigenvalue weighted by atomic mass is 35.5. The van der Waals surface area contributed by atoms with E-state index in [4.69, 9.17) is 23.2 Å². The Morgan fingerprint density at radius 2 is 1.56 bits per heavy atom. The van der Waals surface area contributed by atoms with Crippen LogP contribution in [0.4, 0.5) is 0 Å². The van der Waals surface area contributed by atoms with Gasteiger partial charge in [0.1, 0.15) is 0 Å². The summed E-state index contributed by atoms with van der Waals surface area (Å²) in [4.78, 5) is 0.800. The Balaban J connectivity index is 2.31. The Bertz CT molecular complexity index is 655. The number of hydrogen-bond donors (Lipinski definition) is 0. The van der Waals surface area contributed by atoms with Gasteiger partial charge in [0.15, 0.2) is 0 Å². The maximum absolute atomic E-state index is 12.1. The summed E-state index contributed by atoms with van der Waals surface area (Å²) in [5, 5.41) is 0.739. The lowest BCUT2D eigenvalue weighted by atomic mass is 10.4. The number of benzene rings is 2. The van der Waals surface area contributed by atoms with Crippen molar-refractivity contribution >= 4 is 42.9 Å². The van der Waals surface area contributed by atoms with Crippen LogP contribution in [-0.2, 0) is 8.87 Å². The number of rotatable bonds is 3. The highest BCUT2D eigenvalue weighted by molar-refractivity contribution is 8.72. The second-order valence-electron chi connectivity index (χ2n) is 3.43. The van der Waals surface area contributed by atoms with E-state index < -0.39 is 8.87 Å². The molecular weight excluding hydrogens is 311 g/mol. The van der Waals surface area contributed by atoms with Crippen LogP contribution >= 0.6 is 34.0 Å². The van der Waals surface area contributed by atoms with Gasteiger partial charge in [0.2, 0.25) is 8.87 Å². The molecule has 2 aromatic rings. The lowest BCUT2D eigenvalue weighted by Crippen LogP contribution is -1.94. The molecule has 18 heavy (non-hydrogen) atoms. The molecule has 2 aromatic carbocycles. The highest BCUT2D eigenvalue weighted by Crippen LogP contribution is 2.34. The second kappa shape index (κ2) is 5.53. The topological polar surface area (TPSA) is 34.1 Å². The van der Waals surface area contributed by atoms with Crippen molar-refractivity contribution in [2.24, 2.45) is 0 Å². The van der Waals surface area contributed by atoms with Crippen LogP contribution in [0.25, 0.3) is 0 Å². The zero-order chi connectivity index (χ0) is 13.2. The third-order valence-corrected chi connectivity index (χ3v) is 6.20. The van der Waals surface area contributed by atoms with Crippen LogP contribution in [0.5, 0.6) is 0 Å². The third-order valence-electron chi connectivity index (χ3n) is 2.13. The molecule has 0 atom stereocenters. The summed E-state index contributed by atoms with van der Waals surface area (Å²) in [6, 6.07) is 13.0. The van der Waals surface area contributed by atoms with E-state index in [2.05, 4.69) is 0 Å². The van der Waals surface area contributed by atoms with Gasteiger partial charge in [-0.15, -0.1) is 0 Å². The summed E-state index contributed by atoms with van der Waals surface area (Å²) in [6.45, 7) is 0. The first-order valence-electron chi connectivity index (χ1n) is 4.93. The van der Waals surface area contributed by atoms with Crippen LogP contribution in [0, 0.1) is 0 Å². The first kappa shape index (κ1) is 13.7. The molecule has 2 rings (SSSR count). The molecule has 0 radical (unpaired) electrons. The van der Waals surface area contributed by atoms with E-state index in [0.717, 1.165) is 10.8 Å². The van der Waals surface area contributed by atoms with E-state index in [1.807, 2.05) is 0 Å². The Labute approximate surface area is 119 Å². The van der Waals surface area contributed by atoms with Gasteiger partial charge in [0.05, 0.1) is 14.9 Å². The van der Waals surface area contributed by atoms with Gasteiger partial charge in [-0.05, 0) is 30.3 Å². The SMILES string of the molecule is O=S(=O)(Sc1ccc(Cl)c(Cl)c1)c1ccccc1. The Morgan fingerprint density at radius 1 is 0.889 bits per heavy atom. The molecule has 0 bridgehead atoms. The Hall–Kier alpha value is -0.680. The average Bonchev–Trinajstić information content (AvgIpc) is 2.35. The van der Waals surface area contributed by atoms with Crippen molar-refractivity contribution in [3.05, 3.63) is 58.6 Å². The van der Waals surface area contributed by atoms with E-state index >= 15 is 0 Å². The van der Waals surface area contributed by atoms with E-state index in [1.165, 1.54) is 6.07 Å².